The van der Waals surface area contributed by atoms with E-state index in [0.29, 0.717) is 13.2 Å². The predicted molar refractivity (Wildman–Crippen MR) is 85.5 cm³/mol. The molecule has 0 aliphatic carbocycles. The number of nitrogens with zero attached hydrogens (tertiary/aromatic N) is 2. The standard InChI is InChI=1S/C16H18N4O4/c21-14-3-6-20(16(23)19-14)8-15(22)18-13-10-24-9-12(13)7-11-1-4-17-5-2-11/h1-6,12-13H,7-10H2,(H,18,22)(H,19,21,23)/t12-,13+/m1/s1. The Bertz CT molecular complexity index is 815. The average molecular weight is 330 g/mol. The minimum absolute atomic E-state index is 0.107. The van der Waals surface area contributed by atoms with E-state index in [-0.39, 0.29) is 24.4 Å². The maximum Gasteiger partial charge on any atom is 0.328 e. The number of carbonyl (C=O) groups is 1. The van der Waals surface area contributed by atoms with E-state index in [1.54, 1.807) is 12.4 Å². The van der Waals surface area contributed by atoms with Crippen LogP contribution in [0.2, 0.25) is 0 Å². The van der Waals surface area contributed by atoms with E-state index in [2.05, 4.69) is 15.3 Å². The van der Waals surface area contributed by atoms with Crippen LogP contribution in [0.1, 0.15) is 5.56 Å². The Hall–Kier alpha value is -2.74. The van der Waals surface area contributed by atoms with Gasteiger partial charge in [0.05, 0.1) is 19.3 Å². The van der Waals surface area contributed by atoms with Gasteiger partial charge in [-0.2, -0.15) is 0 Å². The topological polar surface area (TPSA) is 106 Å². The molecule has 0 saturated carbocycles. The molecule has 2 aromatic rings. The molecule has 24 heavy (non-hydrogen) atoms. The molecule has 0 bridgehead atoms. The number of ether oxygens (including phenoxy) is 1. The van der Waals surface area contributed by atoms with Gasteiger partial charge in [0.25, 0.3) is 5.56 Å². The number of nitrogens with one attached hydrogen (secondary N) is 2. The summed E-state index contributed by atoms with van der Waals surface area (Å²) < 4.78 is 6.64. The number of carbonyl (C=O) groups excluding carboxylic acids is 1. The van der Waals surface area contributed by atoms with Crippen molar-refractivity contribution < 1.29 is 9.53 Å². The van der Waals surface area contributed by atoms with Gasteiger partial charge in [0, 0.05) is 30.6 Å². The fourth-order valence-corrected chi connectivity index (χ4v) is 2.76. The van der Waals surface area contributed by atoms with Gasteiger partial charge in [-0.15, -0.1) is 0 Å². The summed E-state index contributed by atoms with van der Waals surface area (Å²) in [6, 6.07) is 4.98. The van der Waals surface area contributed by atoms with Crippen LogP contribution in [0, 0.1) is 5.92 Å². The quantitative estimate of drug-likeness (QED) is 0.754. The van der Waals surface area contributed by atoms with Crippen molar-refractivity contribution in [3.63, 3.8) is 0 Å². The number of aromatic nitrogens is 3. The molecule has 3 rings (SSSR count). The second kappa shape index (κ2) is 7.22. The molecule has 2 atom stereocenters. The van der Waals surface area contributed by atoms with Crippen LogP contribution >= 0.6 is 0 Å². The molecule has 1 fully saturated rings. The third kappa shape index (κ3) is 3.96. The second-order valence-electron chi connectivity index (χ2n) is 5.77. The van der Waals surface area contributed by atoms with Crippen molar-refractivity contribution in [2.45, 2.75) is 19.0 Å². The highest BCUT2D eigenvalue weighted by atomic mass is 16.5. The number of hydrogen-bond acceptors (Lipinski definition) is 5. The molecule has 1 amide bonds. The van der Waals surface area contributed by atoms with Crippen molar-refractivity contribution in [1.82, 2.24) is 19.9 Å². The van der Waals surface area contributed by atoms with Crippen LogP contribution < -0.4 is 16.6 Å². The van der Waals surface area contributed by atoms with Crippen molar-refractivity contribution in [3.8, 4) is 0 Å². The Kier molecular flexibility index (Phi) is 4.85. The van der Waals surface area contributed by atoms with E-state index in [1.165, 1.54) is 12.3 Å². The first-order valence-corrected chi connectivity index (χ1v) is 7.67. The summed E-state index contributed by atoms with van der Waals surface area (Å²) in [5.41, 5.74) is 0.0449. The predicted octanol–water partition coefficient (Wildman–Crippen LogP) is -0.694. The van der Waals surface area contributed by atoms with Crippen LogP contribution in [0.25, 0.3) is 0 Å². The number of rotatable bonds is 5. The van der Waals surface area contributed by atoms with E-state index < -0.39 is 11.2 Å². The molecule has 0 aromatic carbocycles. The van der Waals surface area contributed by atoms with E-state index in [4.69, 9.17) is 4.74 Å². The Balaban J connectivity index is 1.60. The lowest BCUT2D eigenvalue weighted by Crippen LogP contribution is -2.43. The van der Waals surface area contributed by atoms with Gasteiger partial charge in [0.2, 0.25) is 5.91 Å². The fraction of sp³-hybridized carbons (Fsp3) is 0.375. The van der Waals surface area contributed by atoms with Crippen molar-refractivity contribution in [3.05, 3.63) is 63.2 Å². The molecular weight excluding hydrogens is 312 g/mol. The Labute approximate surface area is 137 Å². The lowest BCUT2D eigenvalue weighted by molar-refractivity contribution is -0.122. The van der Waals surface area contributed by atoms with Gasteiger partial charge in [0.1, 0.15) is 6.54 Å². The third-order valence-corrected chi connectivity index (χ3v) is 4.00. The van der Waals surface area contributed by atoms with Crippen LogP contribution in [0.5, 0.6) is 0 Å². The summed E-state index contributed by atoms with van der Waals surface area (Å²) in [5.74, 6) is -0.122. The van der Waals surface area contributed by atoms with Crippen LogP contribution in [-0.2, 0) is 22.5 Å². The summed E-state index contributed by atoms with van der Waals surface area (Å²) in [6.45, 7) is 0.877. The smallest absolute Gasteiger partial charge is 0.328 e. The number of aromatic amines is 1. The Morgan fingerprint density at radius 1 is 1.29 bits per heavy atom. The van der Waals surface area contributed by atoms with Crippen LogP contribution in [0.3, 0.4) is 0 Å². The largest absolute Gasteiger partial charge is 0.379 e. The van der Waals surface area contributed by atoms with Gasteiger partial charge in [-0.25, -0.2) is 4.79 Å². The van der Waals surface area contributed by atoms with E-state index in [0.717, 1.165) is 16.6 Å². The van der Waals surface area contributed by atoms with Crippen LogP contribution in [0.4, 0.5) is 0 Å². The normalized spacial score (nSPS) is 20.0. The zero-order chi connectivity index (χ0) is 16.9. The molecule has 1 aliphatic heterocycles. The lowest BCUT2D eigenvalue weighted by Gasteiger charge is -2.19. The first-order chi connectivity index (χ1) is 11.6. The van der Waals surface area contributed by atoms with Crippen molar-refractivity contribution in [2.24, 2.45) is 5.92 Å². The van der Waals surface area contributed by atoms with Gasteiger partial charge in [-0.1, -0.05) is 0 Å². The molecule has 8 nitrogen and oxygen atoms in total. The summed E-state index contributed by atoms with van der Waals surface area (Å²) in [4.78, 5) is 40.9. The maximum atomic E-state index is 12.2. The first-order valence-electron chi connectivity index (χ1n) is 7.67. The number of H-pyrrole nitrogens is 1. The third-order valence-electron chi connectivity index (χ3n) is 4.00. The molecule has 0 unspecified atom stereocenters. The molecule has 1 saturated heterocycles. The average Bonchev–Trinajstić information content (AvgIpc) is 2.98. The molecule has 1 aliphatic rings. The summed E-state index contributed by atoms with van der Waals surface area (Å²) in [5, 5.41) is 2.91. The van der Waals surface area contributed by atoms with Gasteiger partial charge in [-0.05, 0) is 24.1 Å². The molecule has 2 N–H and O–H groups in total. The van der Waals surface area contributed by atoms with Crippen molar-refractivity contribution in [2.75, 3.05) is 13.2 Å². The van der Waals surface area contributed by atoms with Crippen molar-refractivity contribution >= 4 is 5.91 Å². The summed E-state index contributed by atoms with van der Waals surface area (Å²) in [7, 11) is 0. The monoisotopic (exact) mass is 330 g/mol. The first kappa shape index (κ1) is 16.1. The molecule has 0 spiro atoms. The van der Waals surface area contributed by atoms with Gasteiger partial charge < -0.3 is 10.1 Å². The highest BCUT2D eigenvalue weighted by Gasteiger charge is 2.29. The lowest BCUT2D eigenvalue weighted by atomic mass is 9.95. The maximum absolute atomic E-state index is 12.2. The summed E-state index contributed by atoms with van der Waals surface area (Å²) >= 11 is 0. The molecule has 3 heterocycles. The molecule has 0 radical (unpaired) electrons. The van der Waals surface area contributed by atoms with E-state index in [1.807, 2.05) is 12.1 Å². The van der Waals surface area contributed by atoms with E-state index >= 15 is 0 Å². The van der Waals surface area contributed by atoms with Crippen LogP contribution in [0.15, 0.2) is 46.4 Å². The minimum atomic E-state index is -0.603. The number of pyridine rings is 1. The molecule has 126 valence electrons. The zero-order valence-corrected chi connectivity index (χ0v) is 13.0. The number of amides is 1. The van der Waals surface area contributed by atoms with Gasteiger partial charge in [-0.3, -0.25) is 24.1 Å². The van der Waals surface area contributed by atoms with Crippen LogP contribution in [-0.4, -0.2) is 39.7 Å². The number of hydrogen-bond donors (Lipinski definition) is 2. The Morgan fingerprint density at radius 3 is 2.83 bits per heavy atom. The molecule has 8 heteroatoms. The highest BCUT2D eigenvalue weighted by Crippen LogP contribution is 2.18. The van der Waals surface area contributed by atoms with Gasteiger partial charge in [0.15, 0.2) is 0 Å². The molecular formula is C16H18N4O4. The molecule has 2 aromatic heterocycles. The fourth-order valence-electron chi connectivity index (χ4n) is 2.76. The Morgan fingerprint density at radius 2 is 2.08 bits per heavy atom. The van der Waals surface area contributed by atoms with Gasteiger partial charge >= 0.3 is 5.69 Å². The van der Waals surface area contributed by atoms with E-state index in [9.17, 15) is 14.4 Å². The minimum Gasteiger partial charge on any atom is -0.379 e. The summed E-state index contributed by atoms with van der Waals surface area (Å²) in [6.07, 6.45) is 5.56. The highest BCUT2D eigenvalue weighted by molar-refractivity contribution is 5.76. The zero-order valence-electron chi connectivity index (χ0n) is 13.0. The second-order valence-corrected chi connectivity index (χ2v) is 5.77. The SMILES string of the molecule is O=C(Cn1ccc(=O)[nH]c1=O)N[C@H]1COC[C@H]1Cc1ccncc1. The van der Waals surface area contributed by atoms with Crippen molar-refractivity contribution in [1.29, 1.82) is 0 Å².